The van der Waals surface area contributed by atoms with Crippen LogP contribution in [0.5, 0.6) is 5.75 Å². The number of benzene rings is 1. The van der Waals surface area contributed by atoms with Gasteiger partial charge in [0.15, 0.2) is 6.61 Å². The summed E-state index contributed by atoms with van der Waals surface area (Å²) < 4.78 is 10.5. The molecule has 0 aliphatic rings. The Balaban J connectivity index is 2.52. The molecule has 1 rings (SSSR count). The molecule has 21 heavy (non-hydrogen) atoms. The summed E-state index contributed by atoms with van der Waals surface area (Å²) in [6, 6.07) is 7.78. The zero-order valence-electron chi connectivity index (χ0n) is 13.4. The number of carbonyl (C=O) groups excluding carboxylic acids is 1. The lowest BCUT2D eigenvalue weighted by molar-refractivity contribution is -0.124. The Morgan fingerprint density at radius 2 is 2.05 bits per heavy atom. The fraction of sp³-hybridized carbons (Fsp3) is 0.562. The number of hydrogen-bond acceptors (Lipinski definition) is 4. The molecule has 0 aromatic heterocycles. The minimum atomic E-state index is -0.146. The molecule has 1 N–H and O–H groups in total. The van der Waals surface area contributed by atoms with Crippen molar-refractivity contribution in [1.29, 1.82) is 0 Å². The molecule has 0 fully saturated rings. The highest BCUT2D eigenvalue weighted by Gasteiger charge is 2.08. The first-order chi connectivity index (χ1) is 10.1. The van der Waals surface area contributed by atoms with Crippen LogP contribution >= 0.6 is 0 Å². The van der Waals surface area contributed by atoms with Gasteiger partial charge in [0.25, 0.3) is 5.91 Å². The normalized spacial score (nSPS) is 11.8. The fourth-order valence-corrected chi connectivity index (χ4v) is 2.12. The number of rotatable bonds is 9. The van der Waals surface area contributed by atoms with E-state index in [1.165, 1.54) is 0 Å². The second-order valence-electron chi connectivity index (χ2n) is 4.88. The van der Waals surface area contributed by atoms with Crippen molar-refractivity contribution in [3.05, 3.63) is 24.3 Å². The molecule has 0 radical (unpaired) electrons. The topological polar surface area (TPSA) is 50.8 Å². The van der Waals surface area contributed by atoms with E-state index in [1.807, 2.05) is 31.2 Å². The molecule has 0 bridgehead atoms. The first kappa shape index (κ1) is 17.3. The molecule has 1 atom stereocenters. The standard InChI is InChI=1S/C16H26N2O3/c1-5-18(6-2)14-8-7-9-15(10-14)21-12-16(19)17-13(3)11-20-4/h7-10,13H,5-6,11-12H2,1-4H3,(H,17,19). The van der Waals surface area contributed by atoms with Crippen LogP contribution in [0.2, 0.25) is 0 Å². The van der Waals surface area contributed by atoms with Gasteiger partial charge in [0, 0.05) is 38.0 Å². The molecule has 118 valence electrons. The number of nitrogens with zero attached hydrogens (tertiary/aromatic N) is 1. The second kappa shape index (κ2) is 9.23. The average molecular weight is 294 g/mol. The number of methoxy groups -OCH3 is 1. The summed E-state index contributed by atoms with van der Waals surface area (Å²) in [4.78, 5) is 14.0. The van der Waals surface area contributed by atoms with Crippen LogP contribution in [0, 0.1) is 0 Å². The summed E-state index contributed by atoms with van der Waals surface area (Å²) in [6.45, 7) is 8.49. The third-order valence-corrected chi connectivity index (χ3v) is 3.14. The Bertz CT molecular complexity index is 433. The van der Waals surface area contributed by atoms with Crippen LogP contribution in [0.3, 0.4) is 0 Å². The van der Waals surface area contributed by atoms with Gasteiger partial charge < -0.3 is 19.7 Å². The van der Waals surface area contributed by atoms with E-state index in [9.17, 15) is 4.79 Å². The molecule has 5 nitrogen and oxygen atoms in total. The summed E-state index contributed by atoms with van der Waals surface area (Å²) in [5, 5.41) is 2.81. The SMILES string of the molecule is CCN(CC)c1cccc(OCC(=O)NC(C)COC)c1. The monoisotopic (exact) mass is 294 g/mol. The summed E-state index contributed by atoms with van der Waals surface area (Å²) in [6.07, 6.45) is 0. The van der Waals surface area contributed by atoms with Crippen molar-refractivity contribution in [2.75, 3.05) is 38.3 Å². The molecule has 0 spiro atoms. The molecule has 1 unspecified atom stereocenters. The molecule has 1 amide bonds. The van der Waals surface area contributed by atoms with Gasteiger partial charge in [-0.05, 0) is 32.9 Å². The Kier molecular flexibility index (Phi) is 7.61. The maximum atomic E-state index is 11.7. The quantitative estimate of drug-likeness (QED) is 0.757. The minimum absolute atomic E-state index is 0.00968. The average Bonchev–Trinajstić information content (AvgIpc) is 2.47. The van der Waals surface area contributed by atoms with Crippen LogP contribution < -0.4 is 15.0 Å². The lowest BCUT2D eigenvalue weighted by atomic mass is 10.2. The van der Waals surface area contributed by atoms with E-state index in [0.717, 1.165) is 18.8 Å². The first-order valence-corrected chi connectivity index (χ1v) is 7.36. The van der Waals surface area contributed by atoms with Gasteiger partial charge in [-0.1, -0.05) is 6.07 Å². The smallest absolute Gasteiger partial charge is 0.258 e. The van der Waals surface area contributed by atoms with E-state index in [4.69, 9.17) is 9.47 Å². The van der Waals surface area contributed by atoms with Crippen molar-refractivity contribution in [2.45, 2.75) is 26.8 Å². The van der Waals surface area contributed by atoms with E-state index in [0.29, 0.717) is 12.4 Å². The first-order valence-electron chi connectivity index (χ1n) is 7.36. The zero-order valence-corrected chi connectivity index (χ0v) is 13.4. The molecule has 0 heterocycles. The van der Waals surface area contributed by atoms with E-state index < -0.39 is 0 Å². The van der Waals surface area contributed by atoms with Gasteiger partial charge in [-0.25, -0.2) is 0 Å². The summed E-state index contributed by atoms with van der Waals surface area (Å²) in [5.41, 5.74) is 1.10. The van der Waals surface area contributed by atoms with Crippen LogP contribution in [0.4, 0.5) is 5.69 Å². The van der Waals surface area contributed by atoms with Gasteiger partial charge in [-0.15, -0.1) is 0 Å². The highest BCUT2D eigenvalue weighted by Crippen LogP contribution is 2.20. The zero-order chi connectivity index (χ0) is 15.7. The largest absolute Gasteiger partial charge is 0.484 e. The minimum Gasteiger partial charge on any atom is -0.484 e. The van der Waals surface area contributed by atoms with Crippen molar-refractivity contribution >= 4 is 11.6 Å². The van der Waals surface area contributed by atoms with Crippen molar-refractivity contribution in [3.8, 4) is 5.75 Å². The number of amides is 1. The molecule has 0 saturated heterocycles. The van der Waals surface area contributed by atoms with E-state index >= 15 is 0 Å². The van der Waals surface area contributed by atoms with E-state index in [-0.39, 0.29) is 18.6 Å². The second-order valence-corrected chi connectivity index (χ2v) is 4.88. The lowest BCUT2D eigenvalue weighted by Gasteiger charge is -2.21. The molecule has 0 aliphatic carbocycles. The van der Waals surface area contributed by atoms with Crippen LogP contribution in [-0.2, 0) is 9.53 Å². The highest BCUT2D eigenvalue weighted by atomic mass is 16.5. The maximum Gasteiger partial charge on any atom is 0.258 e. The Hall–Kier alpha value is -1.75. The van der Waals surface area contributed by atoms with E-state index in [2.05, 4.69) is 24.1 Å². The predicted octanol–water partition coefficient (Wildman–Crippen LogP) is 2.06. The number of nitrogens with one attached hydrogen (secondary N) is 1. The van der Waals surface area contributed by atoms with Gasteiger partial charge in [-0.3, -0.25) is 4.79 Å². The molecular formula is C16H26N2O3. The Morgan fingerprint density at radius 1 is 1.33 bits per heavy atom. The fourth-order valence-electron chi connectivity index (χ4n) is 2.12. The van der Waals surface area contributed by atoms with Crippen LogP contribution in [0.25, 0.3) is 0 Å². The summed E-state index contributed by atoms with van der Waals surface area (Å²) in [5.74, 6) is 0.557. The predicted molar refractivity (Wildman–Crippen MR) is 85.0 cm³/mol. The summed E-state index contributed by atoms with van der Waals surface area (Å²) >= 11 is 0. The van der Waals surface area contributed by atoms with E-state index in [1.54, 1.807) is 7.11 Å². The number of carbonyl (C=O) groups is 1. The maximum absolute atomic E-state index is 11.7. The van der Waals surface area contributed by atoms with Gasteiger partial charge in [0.2, 0.25) is 0 Å². The van der Waals surface area contributed by atoms with Gasteiger partial charge in [-0.2, -0.15) is 0 Å². The van der Waals surface area contributed by atoms with Crippen LogP contribution in [-0.4, -0.2) is 45.4 Å². The molecule has 0 saturated carbocycles. The van der Waals surface area contributed by atoms with Crippen LogP contribution in [0.15, 0.2) is 24.3 Å². The Morgan fingerprint density at radius 3 is 2.67 bits per heavy atom. The van der Waals surface area contributed by atoms with Crippen molar-refractivity contribution in [2.24, 2.45) is 0 Å². The molecular weight excluding hydrogens is 268 g/mol. The van der Waals surface area contributed by atoms with Crippen molar-refractivity contribution in [3.63, 3.8) is 0 Å². The van der Waals surface area contributed by atoms with Gasteiger partial charge in [0.1, 0.15) is 5.75 Å². The van der Waals surface area contributed by atoms with Gasteiger partial charge in [0.05, 0.1) is 6.61 Å². The molecule has 1 aromatic rings. The third-order valence-electron chi connectivity index (χ3n) is 3.14. The van der Waals surface area contributed by atoms with Gasteiger partial charge >= 0.3 is 0 Å². The van der Waals surface area contributed by atoms with Crippen molar-refractivity contribution < 1.29 is 14.3 Å². The van der Waals surface area contributed by atoms with Crippen LogP contribution in [0.1, 0.15) is 20.8 Å². The number of hydrogen-bond donors (Lipinski definition) is 1. The summed E-state index contributed by atoms with van der Waals surface area (Å²) in [7, 11) is 1.61. The third kappa shape index (κ3) is 6.04. The lowest BCUT2D eigenvalue weighted by Crippen LogP contribution is -2.38. The molecule has 1 aromatic carbocycles. The van der Waals surface area contributed by atoms with Crippen molar-refractivity contribution in [1.82, 2.24) is 5.32 Å². The highest BCUT2D eigenvalue weighted by molar-refractivity contribution is 5.77. The Labute approximate surface area is 127 Å². The number of anilines is 1. The molecule has 5 heteroatoms. The molecule has 0 aliphatic heterocycles. The number of ether oxygens (including phenoxy) is 2.